The molecule has 1 saturated heterocycles. The molecule has 2 bridgehead atoms. The number of hydrogen-bond donors (Lipinski definition) is 3. The number of fused-ring (bicyclic) bond motifs is 2. The normalized spacial score (nSPS) is 27.9. The van der Waals surface area contributed by atoms with Gasteiger partial charge >= 0.3 is 0 Å². The Hall–Kier alpha value is -2.59. The van der Waals surface area contributed by atoms with Gasteiger partial charge in [-0.25, -0.2) is 0 Å². The molecule has 0 spiro atoms. The largest absolute Gasteiger partial charge is 0.506 e. The van der Waals surface area contributed by atoms with E-state index in [-0.39, 0.29) is 5.41 Å². The summed E-state index contributed by atoms with van der Waals surface area (Å²) in [4.78, 5) is 4.39. The molecule has 4 heteroatoms. The Bertz CT molecular complexity index is 1090. The molecule has 2 aliphatic carbocycles. The van der Waals surface area contributed by atoms with Crippen molar-refractivity contribution in [2.24, 2.45) is 5.92 Å². The second-order valence-electron chi connectivity index (χ2n) is 9.09. The summed E-state index contributed by atoms with van der Waals surface area (Å²) in [5, 5.41) is 19.3. The van der Waals surface area contributed by atoms with Gasteiger partial charge in [0.1, 0.15) is 5.75 Å². The van der Waals surface area contributed by atoms with Gasteiger partial charge in [-0.3, -0.25) is 4.98 Å². The van der Waals surface area contributed by atoms with E-state index < -0.39 is 0 Å². The molecule has 0 radical (unpaired) electrons. The fourth-order valence-corrected chi connectivity index (χ4v) is 6.38. The predicted molar refractivity (Wildman–Crippen MR) is 117 cm³/mol. The zero-order chi connectivity index (χ0) is 19.4. The molecule has 1 saturated carbocycles. The third-order valence-electron chi connectivity index (χ3n) is 7.64. The van der Waals surface area contributed by atoms with E-state index >= 15 is 0 Å². The molecule has 1 aliphatic heterocycles. The Balaban J connectivity index is 1.40. The molecule has 3 aliphatic rings. The van der Waals surface area contributed by atoms with Crippen LogP contribution in [0.15, 0.2) is 48.7 Å². The number of piperidine rings is 1. The molecule has 0 unspecified atom stereocenters. The molecule has 2 aromatic carbocycles. The molecule has 6 rings (SSSR count). The smallest absolute Gasteiger partial charge is 0.139 e. The zero-order valence-corrected chi connectivity index (χ0v) is 16.6. The van der Waals surface area contributed by atoms with Gasteiger partial charge in [0, 0.05) is 28.7 Å². The van der Waals surface area contributed by atoms with Crippen molar-refractivity contribution in [3.8, 4) is 5.75 Å². The van der Waals surface area contributed by atoms with E-state index in [0.717, 1.165) is 41.2 Å². The van der Waals surface area contributed by atoms with Crippen molar-refractivity contribution in [2.45, 2.75) is 50.0 Å². The van der Waals surface area contributed by atoms with Crippen LogP contribution in [-0.2, 0) is 11.8 Å². The highest BCUT2D eigenvalue weighted by Gasteiger charge is 2.51. The summed E-state index contributed by atoms with van der Waals surface area (Å²) < 4.78 is 0. The van der Waals surface area contributed by atoms with Crippen molar-refractivity contribution in [1.29, 1.82) is 0 Å². The lowest BCUT2D eigenvalue weighted by Gasteiger charge is -2.56. The lowest BCUT2D eigenvalue weighted by Crippen LogP contribution is -2.59. The van der Waals surface area contributed by atoms with E-state index in [1.165, 1.54) is 43.2 Å². The van der Waals surface area contributed by atoms with Gasteiger partial charge in [-0.2, -0.15) is 0 Å². The minimum Gasteiger partial charge on any atom is -0.506 e. The molecule has 2 heterocycles. The van der Waals surface area contributed by atoms with Crippen molar-refractivity contribution in [3.63, 3.8) is 0 Å². The van der Waals surface area contributed by atoms with Gasteiger partial charge < -0.3 is 15.7 Å². The number of hydrogen-bond acceptors (Lipinski definition) is 4. The van der Waals surface area contributed by atoms with Crippen LogP contribution in [0.1, 0.15) is 43.2 Å². The first-order valence-electron chi connectivity index (χ1n) is 10.9. The number of phenolic OH excluding ortho intramolecular Hbond substituents is 1. The number of nitrogens with zero attached hydrogens (tertiary/aromatic N) is 1. The first kappa shape index (κ1) is 17.3. The highest BCUT2D eigenvalue weighted by atomic mass is 16.3. The van der Waals surface area contributed by atoms with E-state index in [0.29, 0.717) is 11.8 Å². The van der Waals surface area contributed by atoms with Crippen LogP contribution in [0.5, 0.6) is 5.75 Å². The van der Waals surface area contributed by atoms with Gasteiger partial charge in [0.2, 0.25) is 0 Å². The molecule has 3 N–H and O–H groups in total. The van der Waals surface area contributed by atoms with Crippen LogP contribution in [0.4, 0.5) is 11.4 Å². The number of aromatic hydroxyl groups is 1. The summed E-state index contributed by atoms with van der Waals surface area (Å²) in [6, 6.07) is 15.0. The highest BCUT2D eigenvalue weighted by Crippen LogP contribution is 2.55. The van der Waals surface area contributed by atoms with Crippen molar-refractivity contribution < 1.29 is 5.11 Å². The molecule has 1 aromatic heterocycles. The fourth-order valence-electron chi connectivity index (χ4n) is 6.38. The number of phenols is 1. The molecule has 148 valence electrons. The first-order valence-corrected chi connectivity index (χ1v) is 10.9. The van der Waals surface area contributed by atoms with E-state index in [4.69, 9.17) is 0 Å². The van der Waals surface area contributed by atoms with E-state index in [1.54, 1.807) is 0 Å². The zero-order valence-electron chi connectivity index (χ0n) is 16.6. The second-order valence-corrected chi connectivity index (χ2v) is 9.09. The maximum Gasteiger partial charge on any atom is 0.139 e. The van der Waals surface area contributed by atoms with Crippen LogP contribution in [0.3, 0.4) is 0 Å². The summed E-state index contributed by atoms with van der Waals surface area (Å²) in [7, 11) is 0. The highest BCUT2D eigenvalue weighted by molar-refractivity contribution is 5.83. The SMILES string of the molecule is Oc1cc2c(cc1Nc1ccc3ncccc3c1)C[C@@H]1NCC[C@]23CCCC[C@H]13. The lowest BCUT2D eigenvalue weighted by molar-refractivity contribution is 0.0796. The minimum absolute atomic E-state index is 0.270. The summed E-state index contributed by atoms with van der Waals surface area (Å²) in [6.45, 7) is 1.10. The number of nitrogens with one attached hydrogen (secondary N) is 2. The summed E-state index contributed by atoms with van der Waals surface area (Å²) in [5.74, 6) is 1.09. The van der Waals surface area contributed by atoms with Gasteiger partial charge in [0.05, 0.1) is 11.2 Å². The van der Waals surface area contributed by atoms with Crippen LogP contribution in [0.25, 0.3) is 10.9 Å². The molecular weight excluding hydrogens is 358 g/mol. The van der Waals surface area contributed by atoms with Crippen LogP contribution in [0.2, 0.25) is 0 Å². The van der Waals surface area contributed by atoms with Gasteiger partial charge in [-0.15, -0.1) is 0 Å². The molecule has 3 atom stereocenters. The Morgan fingerprint density at radius 2 is 2.07 bits per heavy atom. The monoisotopic (exact) mass is 385 g/mol. The average molecular weight is 386 g/mol. The van der Waals surface area contributed by atoms with E-state index in [9.17, 15) is 5.11 Å². The van der Waals surface area contributed by atoms with Crippen molar-refractivity contribution in [2.75, 3.05) is 11.9 Å². The average Bonchev–Trinajstić information content (AvgIpc) is 2.75. The molecular formula is C25H27N3O. The van der Waals surface area contributed by atoms with Crippen LogP contribution < -0.4 is 10.6 Å². The van der Waals surface area contributed by atoms with Crippen LogP contribution >= 0.6 is 0 Å². The van der Waals surface area contributed by atoms with E-state index in [2.05, 4.69) is 39.9 Å². The van der Waals surface area contributed by atoms with Crippen molar-refractivity contribution >= 4 is 22.3 Å². The molecule has 0 amide bonds. The third-order valence-corrected chi connectivity index (χ3v) is 7.64. The quantitative estimate of drug-likeness (QED) is 0.542. The van der Waals surface area contributed by atoms with Crippen molar-refractivity contribution in [1.82, 2.24) is 10.3 Å². The Labute approximate surface area is 171 Å². The van der Waals surface area contributed by atoms with E-state index in [1.807, 2.05) is 24.4 Å². The molecule has 2 fully saturated rings. The van der Waals surface area contributed by atoms with Gasteiger partial charge in [-0.1, -0.05) is 18.9 Å². The Kier molecular flexibility index (Phi) is 3.85. The standard InChI is InChI=1S/C25H27N3O/c29-24-15-20-17(13-22-19-5-1-2-8-25(19,20)9-11-27-22)14-23(24)28-18-6-7-21-16(12-18)4-3-10-26-21/h3-4,6-7,10,12,14-15,19,22,27-29H,1-2,5,8-9,11,13H2/t19-,22+,25+/m1/s1. The summed E-state index contributed by atoms with van der Waals surface area (Å²) >= 11 is 0. The topological polar surface area (TPSA) is 57.2 Å². The summed E-state index contributed by atoms with van der Waals surface area (Å²) in [5.41, 5.74) is 5.86. The lowest BCUT2D eigenvalue weighted by atomic mass is 9.53. The van der Waals surface area contributed by atoms with Gasteiger partial charge in [0.25, 0.3) is 0 Å². The fraction of sp³-hybridized carbons (Fsp3) is 0.400. The minimum atomic E-state index is 0.270. The maximum atomic E-state index is 10.9. The third kappa shape index (κ3) is 2.66. The number of rotatable bonds is 2. The predicted octanol–water partition coefficient (Wildman–Crippen LogP) is 5.03. The van der Waals surface area contributed by atoms with Gasteiger partial charge in [0.15, 0.2) is 0 Å². The summed E-state index contributed by atoms with van der Waals surface area (Å²) in [6.07, 6.45) is 9.34. The van der Waals surface area contributed by atoms with Crippen molar-refractivity contribution in [3.05, 3.63) is 59.8 Å². The van der Waals surface area contributed by atoms with Crippen LogP contribution in [0, 0.1) is 5.92 Å². The Morgan fingerprint density at radius 3 is 3.03 bits per heavy atom. The number of benzene rings is 2. The maximum absolute atomic E-state index is 10.9. The van der Waals surface area contributed by atoms with Gasteiger partial charge in [-0.05, 0) is 85.7 Å². The molecule has 29 heavy (non-hydrogen) atoms. The number of aromatic nitrogens is 1. The molecule has 4 nitrogen and oxygen atoms in total. The Morgan fingerprint density at radius 1 is 1.10 bits per heavy atom. The first-order chi connectivity index (χ1) is 14.2. The number of pyridine rings is 1. The number of anilines is 2. The second kappa shape index (κ2) is 6.46. The molecule has 3 aromatic rings. The van der Waals surface area contributed by atoms with Crippen LogP contribution in [-0.4, -0.2) is 22.7 Å².